The normalized spacial score (nSPS) is 14.3. The highest BCUT2D eigenvalue weighted by molar-refractivity contribution is 7.92. The van der Waals surface area contributed by atoms with Crippen LogP contribution < -0.4 is 19.7 Å². The van der Waals surface area contributed by atoms with E-state index in [0.29, 0.717) is 70.1 Å². The first-order valence-electron chi connectivity index (χ1n) is 16.8. The Labute approximate surface area is 315 Å². The number of pyridine rings is 3. The Balaban J connectivity index is 1.13. The van der Waals surface area contributed by atoms with Gasteiger partial charge in [-0.3, -0.25) is 14.4 Å². The monoisotopic (exact) mass is 802 g/mol. The topological polar surface area (TPSA) is 157 Å². The maximum Gasteiger partial charge on any atom is 0.428 e. The lowest BCUT2D eigenvalue weighted by atomic mass is 9.98. The van der Waals surface area contributed by atoms with Gasteiger partial charge in [-0.1, -0.05) is 6.07 Å². The number of hydrogen-bond donors (Lipinski definition) is 3. The minimum absolute atomic E-state index is 0.0331. The van der Waals surface area contributed by atoms with Crippen LogP contribution in [0.15, 0.2) is 84.1 Å². The molecular weight excluding hydrogens is 771 g/mol. The Bertz CT molecular complexity index is 2510. The van der Waals surface area contributed by atoms with Crippen molar-refractivity contribution in [3.8, 4) is 17.1 Å². The summed E-state index contributed by atoms with van der Waals surface area (Å²) in [4.78, 5) is 15.2. The number of nitrogens with one attached hydrogen (secondary N) is 2. The summed E-state index contributed by atoms with van der Waals surface area (Å²) < 4.78 is 121. The summed E-state index contributed by atoms with van der Waals surface area (Å²) in [5.74, 6) is 0.681. The third-order valence-electron chi connectivity index (χ3n) is 9.36. The molecule has 7 rings (SSSR count). The first kappa shape index (κ1) is 38.5. The third kappa shape index (κ3) is 7.33. The van der Waals surface area contributed by atoms with E-state index in [1.807, 2.05) is 4.90 Å². The number of aliphatic hydroxyl groups is 1. The number of benzene rings is 2. The van der Waals surface area contributed by atoms with Crippen LogP contribution in [-0.4, -0.2) is 89.6 Å². The second-order valence-corrected chi connectivity index (χ2v) is 14.6. The van der Waals surface area contributed by atoms with Gasteiger partial charge in [-0.05, 0) is 55.0 Å². The summed E-state index contributed by atoms with van der Waals surface area (Å²) in [7, 11) is -2.62. The zero-order valence-electron chi connectivity index (χ0n) is 29.5. The van der Waals surface area contributed by atoms with Gasteiger partial charge in [0.15, 0.2) is 0 Å². The highest BCUT2D eigenvalue weighted by Gasteiger charge is 2.70. The Morgan fingerprint density at radius 2 is 1.61 bits per heavy atom. The van der Waals surface area contributed by atoms with E-state index in [4.69, 9.17) is 9.47 Å². The molecule has 0 unspecified atom stereocenters. The van der Waals surface area contributed by atoms with Crippen LogP contribution in [0.4, 0.5) is 49.4 Å². The predicted molar refractivity (Wildman–Crippen MR) is 194 cm³/mol. The minimum atomic E-state index is -6.01. The van der Waals surface area contributed by atoms with Crippen molar-refractivity contribution in [1.29, 1.82) is 0 Å². The molecule has 0 radical (unpaired) electrons. The van der Waals surface area contributed by atoms with Gasteiger partial charge in [0, 0.05) is 70.7 Å². The van der Waals surface area contributed by atoms with Crippen molar-refractivity contribution in [2.45, 2.75) is 36.3 Å². The molecule has 3 N–H and O–H groups in total. The number of halogens is 6. The van der Waals surface area contributed by atoms with Gasteiger partial charge in [0.25, 0.3) is 15.6 Å². The van der Waals surface area contributed by atoms with Crippen molar-refractivity contribution < 1.29 is 49.3 Å². The predicted octanol–water partition coefficient (Wildman–Crippen LogP) is 6.60. The zero-order chi connectivity index (χ0) is 40.0. The fourth-order valence-electron chi connectivity index (χ4n) is 6.29. The number of morpholine rings is 1. The average Bonchev–Trinajstić information content (AvgIpc) is 3.57. The van der Waals surface area contributed by atoms with Crippen LogP contribution in [0.1, 0.15) is 5.56 Å². The number of ether oxygens (including phenoxy) is 2. The smallest absolute Gasteiger partial charge is 0.428 e. The van der Waals surface area contributed by atoms with Crippen molar-refractivity contribution in [1.82, 2.24) is 24.7 Å². The number of fused-ring (bicyclic) bond motifs is 2. The molecule has 0 aliphatic carbocycles. The lowest BCUT2D eigenvalue weighted by molar-refractivity contribution is -0.372. The number of anilines is 4. The molecule has 0 spiro atoms. The largest absolute Gasteiger partial charge is 0.481 e. The van der Waals surface area contributed by atoms with Crippen molar-refractivity contribution in [2.24, 2.45) is 0 Å². The molecule has 5 heterocycles. The molecule has 4 aromatic heterocycles. The number of hydrogen-bond acceptors (Lipinski definition) is 11. The van der Waals surface area contributed by atoms with Crippen LogP contribution in [0.25, 0.3) is 32.9 Å². The van der Waals surface area contributed by atoms with E-state index < -0.39 is 34.5 Å². The highest BCUT2D eigenvalue weighted by atomic mass is 32.2. The average molecular weight is 803 g/mol. The number of sulfonamides is 1. The molecule has 20 heteroatoms. The van der Waals surface area contributed by atoms with Crippen LogP contribution in [0, 0.1) is 6.92 Å². The molecule has 1 saturated heterocycles. The number of alkyl halides is 6. The fourth-order valence-corrected chi connectivity index (χ4v) is 7.29. The zero-order valence-corrected chi connectivity index (χ0v) is 30.3. The molecule has 0 bridgehead atoms. The Kier molecular flexibility index (Phi) is 9.91. The standard InChI is InChI=1S/C36H32F6N8O5S/c1-21-26(7-8-29-28(21)19-45-50(29)20-34(51,35(37,38)39)36(40,41)42)33-27-17-30(44-18-22(27)9-10-43-33)46-23-3-5-25(6-4-23)56(52,53)48-31-15-24(16-32(47-31)54-2)49-11-13-55-14-12-49/h3-10,15-19,51H,11-14,20H2,1-2H3,(H,44,46)(H,47,48). The summed E-state index contributed by atoms with van der Waals surface area (Å²) in [5, 5.41) is 18.2. The maximum atomic E-state index is 13.4. The van der Waals surface area contributed by atoms with Gasteiger partial charge in [0.05, 0.1) is 49.2 Å². The molecular formula is C36H32F6N8O5S. The summed E-state index contributed by atoms with van der Waals surface area (Å²) in [6, 6.07) is 15.5. The number of aryl methyl sites for hydroxylation is 1. The minimum Gasteiger partial charge on any atom is -0.481 e. The molecule has 6 aromatic rings. The van der Waals surface area contributed by atoms with Crippen molar-refractivity contribution in [3.63, 3.8) is 0 Å². The van der Waals surface area contributed by atoms with E-state index >= 15 is 0 Å². The summed E-state index contributed by atoms with van der Waals surface area (Å²) >= 11 is 0. The highest BCUT2D eigenvalue weighted by Crippen LogP contribution is 2.45. The lowest BCUT2D eigenvalue weighted by Gasteiger charge is -2.32. The van der Waals surface area contributed by atoms with Gasteiger partial charge in [-0.2, -0.15) is 36.4 Å². The van der Waals surface area contributed by atoms with Gasteiger partial charge in [-0.15, -0.1) is 0 Å². The van der Waals surface area contributed by atoms with Crippen molar-refractivity contribution in [2.75, 3.05) is 48.4 Å². The first-order valence-corrected chi connectivity index (χ1v) is 18.3. The molecule has 13 nitrogen and oxygen atoms in total. The van der Waals surface area contributed by atoms with Gasteiger partial charge >= 0.3 is 12.4 Å². The molecule has 0 saturated carbocycles. The quantitative estimate of drug-likeness (QED) is 0.128. The van der Waals surface area contributed by atoms with Crippen molar-refractivity contribution >= 4 is 54.7 Å². The van der Waals surface area contributed by atoms with Crippen LogP contribution in [-0.2, 0) is 21.3 Å². The van der Waals surface area contributed by atoms with Crippen LogP contribution in [0.2, 0.25) is 0 Å². The molecule has 2 aromatic carbocycles. The molecule has 1 aliphatic heterocycles. The Hall–Kier alpha value is -5.73. The SMILES string of the molecule is COc1cc(N2CCOCC2)cc(NS(=O)(=O)c2ccc(Nc3cc4c(-c5ccc6c(cnn6CC(O)(C(F)(F)F)C(F)(F)F)c5C)nccc4cn3)cc2)n1. The fraction of sp³-hybridized carbons (Fsp3) is 0.278. The molecule has 1 fully saturated rings. The van der Waals surface area contributed by atoms with E-state index in [2.05, 4.69) is 30.1 Å². The van der Waals surface area contributed by atoms with E-state index in [-0.39, 0.29) is 27.5 Å². The van der Waals surface area contributed by atoms with Crippen LogP contribution in [0.3, 0.4) is 0 Å². The van der Waals surface area contributed by atoms with Crippen LogP contribution in [0.5, 0.6) is 5.88 Å². The molecule has 0 atom stereocenters. The molecule has 0 amide bonds. The Morgan fingerprint density at radius 1 is 0.893 bits per heavy atom. The molecule has 294 valence electrons. The van der Waals surface area contributed by atoms with Gasteiger partial charge < -0.3 is 24.8 Å². The summed E-state index contributed by atoms with van der Waals surface area (Å²) in [6.07, 6.45) is -7.77. The van der Waals surface area contributed by atoms with Gasteiger partial charge in [-0.25, -0.2) is 13.4 Å². The maximum absolute atomic E-state index is 13.4. The van der Waals surface area contributed by atoms with E-state index in [0.717, 1.165) is 11.9 Å². The third-order valence-corrected chi connectivity index (χ3v) is 10.7. The van der Waals surface area contributed by atoms with E-state index in [1.165, 1.54) is 37.6 Å². The number of nitrogens with zero attached hydrogens (tertiary/aromatic N) is 6. The molecule has 1 aliphatic rings. The van der Waals surface area contributed by atoms with E-state index in [9.17, 15) is 39.9 Å². The lowest BCUT2D eigenvalue weighted by Crippen LogP contribution is -2.59. The van der Waals surface area contributed by atoms with Gasteiger partial charge in [0.1, 0.15) is 11.6 Å². The Morgan fingerprint density at radius 3 is 2.29 bits per heavy atom. The molecule has 56 heavy (non-hydrogen) atoms. The summed E-state index contributed by atoms with van der Waals surface area (Å²) in [6.45, 7) is 2.05. The number of aromatic nitrogens is 5. The first-order chi connectivity index (χ1) is 26.5. The van der Waals surface area contributed by atoms with E-state index in [1.54, 1.807) is 49.5 Å². The second kappa shape index (κ2) is 14.4. The number of methoxy groups -OCH3 is 1. The van der Waals surface area contributed by atoms with Crippen molar-refractivity contribution in [3.05, 3.63) is 84.8 Å². The summed E-state index contributed by atoms with van der Waals surface area (Å²) in [5.41, 5.74) is -2.42. The second-order valence-electron chi connectivity index (χ2n) is 12.9. The van der Waals surface area contributed by atoms with Gasteiger partial charge in [0.2, 0.25) is 5.88 Å². The number of rotatable bonds is 10. The van der Waals surface area contributed by atoms with Crippen LogP contribution >= 0.6 is 0 Å².